The minimum Gasteiger partial charge on any atom is -0.361 e. The quantitative estimate of drug-likeness (QED) is 0.0825. The molecule has 17 heteroatoms. The van der Waals surface area contributed by atoms with Gasteiger partial charge in [-0.15, -0.1) is 0 Å². The summed E-state index contributed by atoms with van der Waals surface area (Å²) in [6, 6.07) is 69.5. The van der Waals surface area contributed by atoms with E-state index in [0.29, 0.717) is 10.9 Å². The fraction of sp³-hybridized carbons (Fsp3) is 0.383. The third-order valence-corrected chi connectivity index (χ3v) is 27.2. The number of fused-ring (bicyclic) bond motifs is 9. The lowest BCUT2D eigenvalue weighted by Crippen LogP contribution is -2.36. The highest BCUT2D eigenvalue weighted by Crippen LogP contribution is 2.43. The summed E-state index contributed by atoms with van der Waals surface area (Å²) >= 11 is 6.23. The van der Waals surface area contributed by atoms with Crippen molar-refractivity contribution < 1.29 is 22.4 Å². The van der Waals surface area contributed by atoms with Gasteiger partial charge in [0.1, 0.15) is 11.6 Å². The summed E-state index contributed by atoms with van der Waals surface area (Å²) in [5.74, 6) is 1.01. The summed E-state index contributed by atoms with van der Waals surface area (Å²) in [5.41, 5.74) is 26.2. The maximum atomic E-state index is 13.7. The number of pyridine rings is 1. The fourth-order valence-corrected chi connectivity index (χ4v) is 19.0. The van der Waals surface area contributed by atoms with Gasteiger partial charge in [-0.05, 0) is 298 Å². The summed E-state index contributed by atoms with van der Waals surface area (Å²) in [7, 11) is 0. The first-order chi connectivity index (χ1) is 67.4. The Bertz CT molecular complexity index is 7320. The molecule has 0 radical (unpaired) electrons. The van der Waals surface area contributed by atoms with Crippen LogP contribution in [0.4, 0.5) is 17.6 Å². The van der Waals surface area contributed by atoms with E-state index in [2.05, 4.69) is 363 Å². The Labute approximate surface area is 863 Å². The van der Waals surface area contributed by atoms with Crippen LogP contribution in [0.15, 0.2) is 256 Å². The average molecular weight is 1980 g/mol. The molecule has 1 amide bonds. The number of piperidine rings is 1. The van der Waals surface area contributed by atoms with Crippen molar-refractivity contribution >= 4 is 116 Å². The number of aromatic nitrogens is 10. The Kier molecular flexibility index (Phi) is 33.7. The van der Waals surface area contributed by atoms with E-state index in [9.17, 15) is 22.4 Å². The summed E-state index contributed by atoms with van der Waals surface area (Å²) in [5, 5.41) is 11.1. The van der Waals surface area contributed by atoms with Crippen LogP contribution in [0, 0.1) is 12.7 Å². The van der Waals surface area contributed by atoms with E-state index in [4.69, 9.17) is 11.6 Å². The zero-order valence-corrected chi connectivity index (χ0v) is 92.9. The van der Waals surface area contributed by atoms with E-state index in [1.165, 1.54) is 106 Å². The lowest BCUT2D eigenvalue weighted by molar-refractivity contribution is -0.138. The maximum Gasteiger partial charge on any atom is 0.416 e. The van der Waals surface area contributed by atoms with Gasteiger partial charge in [0, 0.05) is 155 Å². The predicted molar refractivity (Wildman–Crippen MR) is 612 cm³/mol. The Morgan fingerprint density at radius 3 is 1.23 bits per heavy atom. The molecule has 766 valence electrons. The normalized spacial score (nSPS) is 13.0. The first-order valence-corrected chi connectivity index (χ1v) is 51.7. The smallest absolute Gasteiger partial charge is 0.361 e. The number of imidazole rings is 1. The van der Waals surface area contributed by atoms with Crippen molar-refractivity contribution in [1.82, 2.24) is 54.7 Å². The molecule has 0 atom stereocenters. The number of aromatic amines is 8. The number of alkyl halides is 3. The molecule has 8 N–H and O–H groups in total. The van der Waals surface area contributed by atoms with Gasteiger partial charge >= 0.3 is 6.18 Å². The predicted octanol–water partition coefficient (Wildman–Crippen LogP) is 36.9. The van der Waals surface area contributed by atoms with Crippen LogP contribution in [0.25, 0.3) is 110 Å². The van der Waals surface area contributed by atoms with Crippen LogP contribution >= 0.6 is 11.6 Å². The minimum absolute atomic E-state index is 0.0416. The number of aryl methyl sites for hydroxylation is 2. The lowest BCUT2D eigenvalue weighted by atomic mass is 9.75. The van der Waals surface area contributed by atoms with Crippen LogP contribution in [0.5, 0.6) is 0 Å². The van der Waals surface area contributed by atoms with Gasteiger partial charge < -0.3 is 44.8 Å². The Hall–Kier alpha value is -12.7. The van der Waals surface area contributed by atoms with Gasteiger partial charge in [-0.25, -0.2) is 9.37 Å². The van der Waals surface area contributed by atoms with E-state index >= 15 is 0 Å². The number of hydrogen-bond donors (Lipinski definition) is 8. The molecule has 0 saturated carbocycles. The van der Waals surface area contributed by atoms with E-state index < -0.39 is 17.2 Å². The van der Waals surface area contributed by atoms with Crippen LogP contribution in [0.1, 0.15) is 317 Å². The first-order valence-electron chi connectivity index (χ1n) is 51.3. The van der Waals surface area contributed by atoms with Gasteiger partial charge in [0.2, 0.25) is 0 Å². The fourth-order valence-electron chi connectivity index (χ4n) is 18.6. The van der Waals surface area contributed by atoms with Crippen LogP contribution in [-0.2, 0) is 66.7 Å². The van der Waals surface area contributed by atoms with Gasteiger partial charge in [-0.3, -0.25) is 9.78 Å². The highest BCUT2D eigenvalue weighted by Gasteiger charge is 2.38. The average Bonchev–Trinajstić information content (AvgIpc) is 1.67. The summed E-state index contributed by atoms with van der Waals surface area (Å²) in [6.07, 6.45) is 15.7. The third kappa shape index (κ3) is 28.2. The molecule has 10 heterocycles. The van der Waals surface area contributed by atoms with Gasteiger partial charge in [0.25, 0.3) is 5.91 Å². The molecule has 12 nitrogen and oxygen atoms in total. The second-order valence-electron chi connectivity index (χ2n) is 49.3. The number of benzene rings is 10. The van der Waals surface area contributed by atoms with Crippen molar-refractivity contribution in [3.63, 3.8) is 0 Å². The molecular formula is C128H158ClF4N11O. The lowest BCUT2D eigenvalue weighted by Gasteiger charge is -2.30. The van der Waals surface area contributed by atoms with Gasteiger partial charge in [0.15, 0.2) is 0 Å². The standard InChI is InChI=1S/C18H24N2O.C17H18N2.C16H23N.C14H19N.C13H14F3N.C13H17N.C13H15N.C12H14ClN.C12H14FN/c1-18(2,3)15-12-16-13(7-8-19-16)11-14(15)17(21)20-9-5-4-6-10-20;1-17(2,3)13-9-10-14-15(11-13)19-16(18-14)12-7-5-4-6-8-12;1-15(2,3)12-9-11-7-8-17-14(11)10-13(12)16(4,5)6;1-5-10-8-11-6-7-15-13(11)9-12(10)14(2,3)4;1-12(2,3)9-7-11-8(4-5-17-11)6-10(9)13(14,15)16;1-9-8-14-11-7-5-6-10(12(9)11)13(2,3)4;1-13(2,3)12-8-10-6-4-5-7-11(10)9-14-12;2*1-12(2,3)9-7-11-8(4-5-14-11)6-10(9)13/h7-8,11-12,19H,4-6,9-10H2,1-3H3;4-11H,1-3H3,(H,18,19);7-10,17H,1-6H3;6-9,15H,5H2,1-4H3;4-7,17H,1-3H3;5-8,14H,1-4H3;4-9H,1-3H3;2*4-7,14H,1-3H3. The van der Waals surface area contributed by atoms with Crippen molar-refractivity contribution in [2.75, 3.05) is 13.1 Å². The Morgan fingerprint density at radius 2 is 0.766 bits per heavy atom. The molecule has 9 aromatic heterocycles. The molecule has 145 heavy (non-hydrogen) atoms. The SMILES string of the molecule is CC(C)(C)c1cc2[nH]ccc2cc1C(=O)N1CCCCC1.CC(C)(C)c1cc2[nH]ccc2cc1C(F)(F)F.CC(C)(C)c1cc2[nH]ccc2cc1Cl.CC(C)(C)c1cc2[nH]ccc2cc1F.CC(C)(C)c1cc2cc[nH]c2cc1C(C)(C)C.CC(C)(C)c1cc2ccccc2cn1.CC(C)(C)c1ccc2nc(-c3ccccc3)[nH]c2c1.CCc1cc2cc[nH]c2cc1C(C)(C)C.Cc1c[nH]c2cccc(C(C)(C)C)c12. The molecule has 1 aliphatic rings. The van der Waals surface area contributed by atoms with Crippen LogP contribution in [-0.4, -0.2) is 73.7 Å². The molecule has 1 fully saturated rings. The number of rotatable bonds is 3. The number of halogens is 5. The number of carbonyl (C=O) groups excluding carboxylic acids is 1. The summed E-state index contributed by atoms with van der Waals surface area (Å²) < 4.78 is 52.7. The molecule has 19 aromatic rings. The first kappa shape index (κ1) is 111. The van der Waals surface area contributed by atoms with Crippen molar-refractivity contribution in [3.05, 3.63) is 345 Å². The molecule has 0 bridgehead atoms. The van der Waals surface area contributed by atoms with Crippen molar-refractivity contribution in [2.45, 2.75) is 308 Å². The number of hydrogen-bond acceptors (Lipinski definition) is 3. The van der Waals surface area contributed by atoms with E-state index in [-0.39, 0.29) is 60.5 Å². The number of carbonyl (C=O) groups is 1. The van der Waals surface area contributed by atoms with Crippen molar-refractivity contribution in [1.29, 1.82) is 0 Å². The maximum absolute atomic E-state index is 13.7. The Balaban J connectivity index is 0.000000146. The number of amides is 1. The molecule has 0 unspecified atom stereocenters. The molecule has 20 rings (SSSR count). The zero-order chi connectivity index (χ0) is 106. The van der Waals surface area contributed by atoms with Crippen LogP contribution in [0.3, 0.4) is 0 Å². The van der Waals surface area contributed by atoms with E-state index in [1.54, 1.807) is 45.2 Å². The van der Waals surface area contributed by atoms with E-state index in [1.807, 2.05) is 117 Å². The number of H-pyrrole nitrogens is 8. The number of likely N-dealkylation sites (tertiary alicyclic amines) is 1. The topological polar surface area (TPSA) is 172 Å². The van der Waals surface area contributed by atoms with Crippen LogP contribution in [0.2, 0.25) is 5.02 Å². The summed E-state index contributed by atoms with van der Waals surface area (Å²) in [6.45, 7) is 71.1. The number of nitrogens with zero attached hydrogens (tertiary/aromatic N) is 3. The van der Waals surface area contributed by atoms with E-state index in [0.717, 1.165) is 115 Å². The number of nitrogens with one attached hydrogen (secondary N) is 8. The largest absolute Gasteiger partial charge is 0.416 e. The van der Waals surface area contributed by atoms with Gasteiger partial charge in [-0.2, -0.15) is 13.2 Å². The highest BCUT2D eigenvalue weighted by molar-refractivity contribution is 6.32. The van der Waals surface area contributed by atoms with Crippen molar-refractivity contribution in [3.8, 4) is 11.4 Å². The molecular weight excluding hydrogens is 1820 g/mol. The Morgan fingerprint density at radius 1 is 0.352 bits per heavy atom. The highest BCUT2D eigenvalue weighted by atomic mass is 35.5. The van der Waals surface area contributed by atoms with Gasteiger partial charge in [-0.1, -0.05) is 299 Å². The second-order valence-corrected chi connectivity index (χ2v) is 49.7. The molecule has 0 aliphatic carbocycles. The third-order valence-electron chi connectivity index (χ3n) is 26.9. The van der Waals surface area contributed by atoms with Crippen LogP contribution < -0.4 is 0 Å². The second kappa shape index (κ2) is 43.9. The molecule has 1 aliphatic heterocycles. The molecule has 1 saturated heterocycles. The minimum atomic E-state index is -4.31. The monoisotopic (exact) mass is 1980 g/mol. The molecule has 10 aromatic carbocycles. The summed E-state index contributed by atoms with van der Waals surface area (Å²) in [4.78, 5) is 49.9. The zero-order valence-electron chi connectivity index (χ0n) is 92.1. The van der Waals surface area contributed by atoms with Crippen molar-refractivity contribution in [2.24, 2.45) is 0 Å². The molecule has 0 spiro atoms. The van der Waals surface area contributed by atoms with Gasteiger partial charge in [0.05, 0.1) is 16.6 Å².